The maximum absolute atomic E-state index is 5.99. The summed E-state index contributed by atoms with van der Waals surface area (Å²) in [5, 5.41) is 1.12. The van der Waals surface area contributed by atoms with Crippen molar-refractivity contribution in [1.29, 1.82) is 0 Å². The molecule has 0 aliphatic rings. The van der Waals surface area contributed by atoms with Crippen LogP contribution in [0.1, 0.15) is 6.92 Å². The molecule has 84 valence electrons. The summed E-state index contributed by atoms with van der Waals surface area (Å²) >= 11 is 11.8. The van der Waals surface area contributed by atoms with Crippen LogP contribution < -0.4 is 4.43 Å². The van der Waals surface area contributed by atoms with Crippen molar-refractivity contribution in [1.82, 2.24) is 0 Å². The lowest BCUT2D eigenvalue weighted by Crippen LogP contribution is -2.38. The second kappa shape index (κ2) is 5.21. The summed E-state index contributed by atoms with van der Waals surface area (Å²) in [5.74, 6) is 0.631. The first-order valence-electron chi connectivity index (χ1n) is 4.72. The summed E-state index contributed by atoms with van der Waals surface area (Å²) < 4.78 is 11.3. The summed E-state index contributed by atoms with van der Waals surface area (Å²) in [4.78, 5) is 0. The van der Waals surface area contributed by atoms with Gasteiger partial charge in [0.25, 0.3) is 0 Å². The van der Waals surface area contributed by atoms with Gasteiger partial charge in [0, 0.05) is 11.6 Å². The number of rotatable bonds is 4. The van der Waals surface area contributed by atoms with Crippen LogP contribution in [-0.2, 0) is 4.43 Å². The Morgan fingerprint density at radius 2 is 1.93 bits per heavy atom. The molecule has 5 heteroatoms. The van der Waals surface area contributed by atoms with E-state index in [9.17, 15) is 0 Å². The normalized spacial score (nSPS) is 11.5. The van der Waals surface area contributed by atoms with Crippen LogP contribution in [0.15, 0.2) is 18.2 Å². The van der Waals surface area contributed by atoms with Gasteiger partial charge in [-0.25, -0.2) is 0 Å². The number of benzene rings is 1. The van der Waals surface area contributed by atoms with Crippen molar-refractivity contribution in [3.05, 3.63) is 28.2 Å². The topological polar surface area (TPSA) is 18.5 Å². The molecule has 1 aromatic rings. The van der Waals surface area contributed by atoms with E-state index in [2.05, 4.69) is 0 Å². The quantitative estimate of drug-likeness (QED) is 0.763. The van der Waals surface area contributed by atoms with Gasteiger partial charge >= 0.3 is 8.56 Å². The first kappa shape index (κ1) is 12.8. The second-order valence-electron chi connectivity index (χ2n) is 3.51. The molecule has 0 atom stereocenters. The SMILES string of the molecule is CCO[Si](C)(C)Oc1ccc(Cl)cc1Cl. The lowest BCUT2D eigenvalue weighted by molar-refractivity contribution is 0.264. The smallest absolute Gasteiger partial charge is 0.392 e. The van der Waals surface area contributed by atoms with Crippen molar-refractivity contribution in [3.63, 3.8) is 0 Å². The van der Waals surface area contributed by atoms with E-state index < -0.39 is 8.56 Å². The van der Waals surface area contributed by atoms with E-state index in [1.165, 1.54) is 0 Å². The third kappa shape index (κ3) is 4.03. The van der Waals surface area contributed by atoms with Gasteiger partial charge in [-0.05, 0) is 38.2 Å². The van der Waals surface area contributed by atoms with Gasteiger partial charge in [0.1, 0.15) is 5.75 Å². The van der Waals surface area contributed by atoms with Gasteiger partial charge in [-0.15, -0.1) is 0 Å². The summed E-state index contributed by atoms with van der Waals surface area (Å²) in [6.45, 7) is 6.54. The molecule has 0 bridgehead atoms. The third-order valence-electron chi connectivity index (χ3n) is 1.74. The Labute approximate surface area is 101 Å². The molecule has 0 saturated heterocycles. The average Bonchev–Trinajstić information content (AvgIpc) is 2.09. The molecule has 0 fully saturated rings. The van der Waals surface area contributed by atoms with E-state index in [0.717, 1.165) is 0 Å². The molecule has 1 rings (SSSR count). The molecule has 0 heterocycles. The van der Waals surface area contributed by atoms with Gasteiger partial charge in [-0.1, -0.05) is 23.2 Å². The minimum absolute atomic E-state index is 0.516. The number of hydrogen-bond donors (Lipinski definition) is 0. The molecule has 0 unspecified atom stereocenters. The van der Waals surface area contributed by atoms with Gasteiger partial charge in [-0.2, -0.15) is 0 Å². The lowest BCUT2D eigenvalue weighted by Gasteiger charge is -2.23. The van der Waals surface area contributed by atoms with Crippen LogP contribution in [0.25, 0.3) is 0 Å². The third-order valence-corrected chi connectivity index (χ3v) is 3.97. The predicted molar refractivity (Wildman–Crippen MR) is 66.2 cm³/mol. The molecule has 0 radical (unpaired) electrons. The Kier molecular flexibility index (Phi) is 4.46. The van der Waals surface area contributed by atoms with Crippen LogP contribution in [0.4, 0.5) is 0 Å². The molecule has 15 heavy (non-hydrogen) atoms. The molecule has 0 N–H and O–H groups in total. The van der Waals surface area contributed by atoms with Crippen LogP contribution in [0.3, 0.4) is 0 Å². The van der Waals surface area contributed by atoms with Crippen molar-refractivity contribution in [2.45, 2.75) is 20.0 Å². The van der Waals surface area contributed by atoms with Gasteiger partial charge in [0.2, 0.25) is 0 Å². The monoisotopic (exact) mass is 264 g/mol. The van der Waals surface area contributed by atoms with Crippen LogP contribution in [0.2, 0.25) is 23.1 Å². The molecular weight excluding hydrogens is 251 g/mol. The highest BCUT2D eigenvalue weighted by atomic mass is 35.5. The van der Waals surface area contributed by atoms with Crippen molar-refractivity contribution in [2.75, 3.05) is 6.61 Å². The summed E-state index contributed by atoms with van der Waals surface area (Å²) in [5.41, 5.74) is 0. The fraction of sp³-hybridized carbons (Fsp3) is 0.400. The molecule has 0 saturated carbocycles. The van der Waals surface area contributed by atoms with Crippen molar-refractivity contribution >= 4 is 31.8 Å². The van der Waals surface area contributed by atoms with E-state index in [-0.39, 0.29) is 0 Å². The molecule has 0 aliphatic heterocycles. The molecule has 0 amide bonds. The first-order chi connectivity index (χ1) is 6.94. The molecule has 2 nitrogen and oxygen atoms in total. The highest BCUT2D eigenvalue weighted by Crippen LogP contribution is 2.29. The van der Waals surface area contributed by atoms with Crippen LogP contribution in [-0.4, -0.2) is 15.2 Å². The lowest BCUT2D eigenvalue weighted by atomic mass is 10.3. The largest absolute Gasteiger partial charge is 0.519 e. The Bertz CT molecular complexity index is 342. The van der Waals surface area contributed by atoms with E-state index in [1.807, 2.05) is 20.0 Å². The zero-order chi connectivity index (χ0) is 11.5. The Morgan fingerprint density at radius 1 is 1.27 bits per heavy atom. The fourth-order valence-corrected chi connectivity index (χ4v) is 3.17. The van der Waals surface area contributed by atoms with Crippen molar-refractivity contribution in [2.24, 2.45) is 0 Å². The van der Waals surface area contributed by atoms with Gasteiger partial charge in [0.05, 0.1) is 5.02 Å². The molecule has 0 aromatic heterocycles. The first-order valence-corrected chi connectivity index (χ1v) is 8.30. The maximum Gasteiger partial charge on any atom is 0.392 e. The Balaban J connectivity index is 2.80. The summed E-state index contributed by atoms with van der Waals surface area (Å²) in [7, 11) is -2.12. The fourth-order valence-electron chi connectivity index (χ4n) is 1.20. The average molecular weight is 265 g/mol. The van der Waals surface area contributed by atoms with Crippen LogP contribution in [0, 0.1) is 0 Å². The Morgan fingerprint density at radius 3 is 2.47 bits per heavy atom. The molecular formula is C10H14Cl2O2Si. The molecule has 0 aliphatic carbocycles. The van der Waals surface area contributed by atoms with Crippen molar-refractivity contribution < 1.29 is 8.85 Å². The van der Waals surface area contributed by atoms with E-state index in [1.54, 1.807) is 18.2 Å². The standard InChI is InChI=1S/C10H14Cl2O2Si/c1-4-13-15(2,3)14-10-6-5-8(11)7-9(10)12/h5-7H,4H2,1-3H3. The van der Waals surface area contributed by atoms with Crippen LogP contribution in [0.5, 0.6) is 5.75 Å². The zero-order valence-electron chi connectivity index (χ0n) is 9.01. The summed E-state index contributed by atoms with van der Waals surface area (Å²) in [6.07, 6.45) is 0. The minimum atomic E-state index is -2.12. The van der Waals surface area contributed by atoms with Gasteiger partial charge in [-0.3, -0.25) is 0 Å². The minimum Gasteiger partial charge on any atom is -0.519 e. The zero-order valence-corrected chi connectivity index (χ0v) is 11.5. The highest BCUT2D eigenvalue weighted by Gasteiger charge is 2.26. The molecule has 0 spiro atoms. The van der Waals surface area contributed by atoms with Crippen LogP contribution >= 0.6 is 23.2 Å². The van der Waals surface area contributed by atoms with Crippen molar-refractivity contribution in [3.8, 4) is 5.75 Å². The highest BCUT2D eigenvalue weighted by molar-refractivity contribution is 6.65. The summed E-state index contributed by atoms with van der Waals surface area (Å²) in [6, 6.07) is 5.17. The second-order valence-corrected chi connectivity index (χ2v) is 7.65. The van der Waals surface area contributed by atoms with Gasteiger partial charge in [0.15, 0.2) is 0 Å². The van der Waals surface area contributed by atoms with E-state index in [4.69, 9.17) is 32.1 Å². The van der Waals surface area contributed by atoms with Gasteiger partial charge < -0.3 is 8.85 Å². The Hall–Kier alpha value is -0.223. The molecule has 1 aromatic carbocycles. The predicted octanol–water partition coefficient (Wildman–Crippen LogP) is 4.11. The van der Waals surface area contributed by atoms with E-state index in [0.29, 0.717) is 22.4 Å². The number of hydrogen-bond acceptors (Lipinski definition) is 2. The van der Waals surface area contributed by atoms with E-state index >= 15 is 0 Å². The maximum atomic E-state index is 5.99. The number of halogens is 2.